The molecule has 0 bridgehead atoms. The molecule has 1 aromatic carbocycles. The predicted molar refractivity (Wildman–Crippen MR) is 62.4 cm³/mol. The summed E-state index contributed by atoms with van der Waals surface area (Å²) in [5.74, 6) is -0.432. The fourth-order valence-electron chi connectivity index (χ4n) is 1.43. The summed E-state index contributed by atoms with van der Waals surface area (Å²) >= 11 is 3.37. The molecule has 0 radical (unpaired) electrons. The largest absolute Gasteiger partial charge is 0.480 e. The molecule has 17 heavy (non-hydrogen) atoms. The van der Waals surface area contributed by atoms with E-state index in [1.54, 1.807) is 0 Å². The van der Waals surface area contributed by atoms with Crippen LogP contribution in [0.1, 0.15) is 11.4 Å². The molecule has 1 N–H and O–H groups in total. The molecule has 2 rings (SSSR count). The summed E-state index contributed by atoms with van der Waals surface area (Å²) in [5, 5.41) is 19.6. The zero-order valence-electron chi connectivity index (χ0n) is 8.75. The summed E-state index contributed by atoms with van der Waals surface area (Å²) in [4.78, 5) is 10.6. The SMILES string of the molecule is O=C(O)Cn1nnnc1Cc1cccc(Br)c1. The van der Waals surface area contributed by atoms with Crippen LogP contribution in [-0.4, -0.2) is 31.3 Å². The van der Waals surface area contributed by atoms with E-state index in [9.17, 15) is 4.79 Å². The first kappa shape index (κ1) is 11.7. The van der Waals surface area contributed by atoms with E-state index in [4.69, 9.17) is 5.11 Å². The zero-order valence-corrected chi connectivity index (χ0v) is 10.3. The quantitative estimate of drug-likeness (QED) is 0.914. The van der Waals surface area contributed by atoms with Crippen LogP contribution in [0.3, 0.4) is 0 Å². The van der Waals surface area contributed by atoms with Crippen molar-refractivity contribution in [2.45, 2.75) is 13.0 Å². The summed E-state index contributed by atoms with van der Waals surface area (Å²) in [6.07, 6.45) is 0.500. The number of carboxylic acids is 1. The summed E-state index contributed by atoms with van der Waals surface area (Å²) in [6, 6.07) is 7.71. The summed E-state index contributed by atoms with van der Waals surface area (Å²) in [7, 11) is 0. The molecule has 0 fully saturated rings. The lowest BCUT2D eigenvalue weighted by molar-refractivity contribution is -0.138. The summed E-state index contributed by atoms with van der Waals surface area (Å²) in [6.45, 7) is -0.226. The Morgan fingerprint density at radius 3 is 3.00 bits per heavy atom. The van der Waals surface area contributed by atoms with Gasteiger partial charge in [-0.05, 0) is 28.1 Å². The first-order valence-corrected chi connectivity index (χ1v) is 5.66. The fraction of sp³-hybridized carbons (Fsp3) is 0.200. The van der Waals surface area contributed by atoms with E-state index in [-0.39, 0.29) is 6.54 Å². The first-order chi connectivity index (χ1) is 8.15. The Bertz CT molecular complexity index is 541. The number of halogens is 1. The van der Waals surface area contributed by atoms with E-state index in [0.717, 1.165) is 10.0 Å². The van der Waals surface area contributed by atoms with Crippen LogP contribution >= 0.6 is 15.9 Å². The normalized spacial score (nSPS) is 10.4. The second kappa shape index (κ2) is 5.05. The third kappa shape index (κ3) is 3.10. The van der Waals surface area contributed by atoms with Crippen LogP contribution in [0.2, 0.25) is 0 Å². The van der Waals surface area contributed by atoms with Crippen molar-refractivity contribution in [1.29, 1.82) is 0 Å². The maximum atomic E-state index is 10.6. The lowest BCUT2D eigenvalue weighted by atomic mass is 10.1. The van der Waals surface area contributed by atoms with Gasteiger partial charge in [-0.25, -0.2) is 4.68 Å². The van der Waals surface area contributed by atoms with Gasteiger partial charge >= 0.3 is 5.97 Å². The Balaban J connectivity index is 2.18. The number of aliphatic carboxylic acids is 1. The number of aromatic nitrogens is 4. The van der Waals surface area contributed by atoms with Crippen molar-refractivity contribution in [2.75, 3.05) is 0 Å². The summed E-state index contributed by atoms with van der Waals surface area (Å²) < 4.78 is 2.25. The average molecular weight is 297 g/mol. The molecule has 0 amide bonds. The van der Waals surface area contributed by atoms with Gasteiger partial charge in [0.2, 0.25) is 0 Å². The van der Waals surface area contributed by atoms with Crippen LogP contribution < -0.4 is 0 Å². The molecule has 0 aliphatic carbocycles. The van der Waals surface area contributed by atoms with E-state index in [1.165, 1.54) is 4.68 Å². The van der Waals surface area contributed by atoms with Gasteiger partial charge in [-0.1, -0.05) is 28.1 Å². The number of hydrogen-bond acceptors (Lipinski definition) is 4. The van der Waals surface area contributed by atoms with Gasteiger partial charge in [0.15, 0.2) is 5.82 Å². The third-order valence-electron chi connectivity index (χ3n) is 2.14. The van der Waals surface area contributed by atoms with Crippen molar-refractivity contribution >= 4 is 21.9 Å². The molecule has 6 nitrogen and oxygen atoms in total. The Morgan fingerprint density at radius 1 is 1.47 bits per heavy atom. The molecular weight excluding hydrogens is 288 g/mol. The van der Waals surface area contributed by atoms with Gasteiger partial charge in [-0.15, -0.1) is 5.10 Å². The summed E-state index contributed by atoms with van der Waals surface area (Å²) in [5.41, 5.74) is 1.01. The van der Waals surface area contributed by atoms with E-state index in [2.05, 4.69) is 31.5 Å². The number of tetrazole rings is 1. The van der Waals surface area contributed by atoms with Crippen LogP contribution in [-0.2, 0) is 17.8 Å². The molecule has 1 aromatic heterocycles. The number of rotatable bonds is 4. The van der Waals surface area contributed by atoms with Crippen molar-refractivity contribution in [3.8, 4) is 0 Å². The van der Waals surface area contributed by atoms with Gasteiger partial charge in [0.1, 0.15) is 6.54 Å². The topological polar surface area (TPSA) is 80.9 Å². The molecule has 0 aliphatic heterocycles. The number of nitrogens with zero attached hydrogens (tertiary/aromatic N) is 4. The van der Waals surface area contributed by atoms with E-state index < -0.39 is 5.97 Å². The highest BCUT2D eigenvalue weighted by Gasteiger charge is 2.09. The Labute approximate surface area is 105 Å². The number of hydrogen-bond donors (Lipinski definition) is 1. The Kier molecular flexibility index (Phi) is 3.48. The van der Waals surface area contributed by atoms with E-state index in [1.807, 2.05) is 24.3 Å². The van der Waals surface area contributed by atoms with Crippen LogP contribution in [0.4, 0.5) is 0 Å². The lowest BCUT2D eigenvalue weighted by Crippen LogP contribution is -2.13. The average Bonchev–Trinajstić information content (AvgIpc) is 2.65. The molecule has 0 aliphatic rings. The van der Waals surface area contributed by atoms with E-state index >= 15 is 0 Å². The van der Waals surface area contributed by atoms with Gasteiger partial charge in [0.25, 0.3) is 0 Å². The van der Waals surface area contributed by atoms with Gasteiger partial charge in [0.05, 0.1) is 0 Å². The molecule has 0 atom stereocenters. The molecule has 0 saturated heterocycles. The highest BCUT2D eigenvalue weighted by atomic mass is 79.9. The highest BCUT2D eigenvalue weighted by Crippen LogP contribution is 2.13. The maximum absolute atomic E-state index is 10.6. The van der Waals surface area contributed by atoms with Crippen molar-refractivity contribution in [2.24, 2.45) is 0 Å². The van der Waals surface area contributed by atoms with Crippen LogP contribution in [0.15, 0.2) is 28.7 Å². The minimum Gasteiger partial charge on any atom is -0.480 e. The number of carbonyl (C=O) groups is 1. The van der Waals surface area contributed by atoms with E-state index in [0.29, 0.717) is 12.2 Å². The van der Waals surface area contributed by atoms with Gasteiger partial charge < -0.3 is 5.11 Å². The van der Waals surface area contributed by atoms with Crippen LogP contribution in [0, 0.1) is 0 Å². The maximum Gasteiger partial charge on any atom is 0.325 e. The van der Waals surface area contributed by atoms with Crippen molar-refractivity contribution in [1.82, 2.24) is 20.2 Å². The fourth-order valence-corrected chi connectivity index (χ4v) is 1.88. The second-order valence-corrected chi connectivity index (χ2v) is 4.37. The molecule has 88 valence electrons. The van der Waals surface area contributed by atoms with Gasteiger partial charge in [-0.3, -0.25) is 4.79 Å². The monoisotopic (exact) mass is 296 g/mol. The number of carboxylic acid groups (broad SMARTS) is 1. The van der Waals surface area contributed by atoms with Gasteiger partial charge in [-0.2, -0.15) is 0 Å². The zero-order chi connectivity index (χ0) is 12.3. The Morgan fingerprint density at radius 2 is 2.29 bits per heavy atom. The molecule has 1 heterocycles. The van der Waals surface area contributed by atoms with Crippen LogP contribution in [0.5, 0.6) is 0 Å². The van der Waals surface area contributed by atoms with Crippen molar-refractivity contribution in [3.05, 3.63) is 40.1 Å². The van der Waals surface area contributed by atoms with Crippen LogP contribution in [0.25, 0.3) is 0 Å². The van der Waals surface area contributed by atoms with Gasteiger partial charge in [0, 0.05) is 10.9 Å². The Hall–Kier alpha value is -1.76. The van der Waals surface area contributed by atoms with Crippen molar-refractivity contribution < 1.29 is 9.90 Å². The molecule has 0 unspecified atom stereocenters. The third-order valence-corrected chi connectivity index (χ3v) is 2.64. The number of benzene rings is 1. The molecule has 0 saturated carbocycles. The van der Waals surface area contributed by atoms with Crippen molar-refractivity contribution in [3.63, 3.8) is 0 Å². The molecule has 2 aromatic rings. The highest BCUT2D eigenvalue weighted by molar-refractivity contribution is 9.10. The minimum absolute atomic E-state index is 0.226. The minimum atomic E-state index is -0.965. The smallest absolute Gasteiger partial charge is 0.325 e. The standard InChI is InChI=1S/C10H9BrN4O2/c11-8-3-1-2-7(4-8)5-9-12-13-14-15(9)6-10(16)17/h1-4H,5-6H2,(H,16,17). The molecule has 7 heteroatoms. The predicted octanol–water partition coefficient (Wildman–Crippen LogP) is 1.11. The molecular formula is C10H9BrN4O2. The first-order valence-electron chi connectivity index (χ1n) is 4.86. The lowest BCUT2D eigenvalue weighted by Gasteiger charge is -2.02. The second-order valence-electron chi connectivity index (χ2n) is 3.45. The molecule has 0 spiro atoms.